The van der Waals surface area contributed by atoms with Crippen LogP contribution in [-0.2, 0) is 16.0 Å². The largest absolute Gasteiger partial charge is 0.345 e. The van der Waals surface area contributed by atoms with Gasteiger partial charge in [-0.25, -0.2) is 4.79 Å². The Hall–Kier alpha value is -1.54. The average molecular weight is 417 g/mol. The Morgan fingerprint density at radius 1 is 1.20 bits per heavy atom. The van der Waals surface area contributed by atoms with Crippen molar-refractivity contribution < 1.29 is 23.1 Å². The number of urea groups is 1. The van der Waals surface area contributed by atoms with Crippen LogP contribution in [0.5, 0.6) is 0 Å². The van der Waals surface area contributed by atoms with Crippen LogP contribution in [0.4, 0.5) is 13.6 Å². The lowest BCUT2D eigenvalue weighted by atomic mass is 9.82. The quantitative estimate of drug-likeness (QED) is 0.719. The van der Waals surface area contributed by atoms with Gasteiger partial charge in [0.1, 0.15) is 6.04 Å². The Morgan fingerprint density at radius 2 is 1.92 bits per heavy atom. The number of hydrogen-bond donors (Lipinski definition) is 2. The lowest BCUT2D eigenvalue weighted by Crippen LogP contribution is -2.26. The van der Waals surface area contributed by atoms with Crippen molar-refractivity contribution in [2.45, 2.75) is 50.9 Å². The molecule has 0 radical (unpaired) electrons. The van der Waals surface area contributed by atoms with Gasteiger partial charge in [-0.1, -0.05) is 22.0 Å². The number of nitrogens with one attached hydrogen (secondary N) is 2. The second-order valence-electron chi connectivity index (χ2n) is 6.48. The molecule has 136 valence electrons. The number of carbonyl (C=O) groups is 2. The minimum atomic E-state index is -2.72. The predicted molar refractivity (Wildman–Crippen MR) is 90.1 cm³/mol. The number of ether oxygens (including phenoxy) is 1. The highest BCUT2D eigenvalue weighted by Crippen LogP contribution is 2.33. The van der Waals surface area contributed by atoms with Crippen LogP contribution in [0.15, 0.2) is 22.7 Å². The second kappa shape index (κ2) is 7.78. The minimum Gasteiger partial charge on any atom is -0.322 e. The van der Waals surface area contributed by atoms with Crippen LogP contribution in [0.1, 0.15) is 42.9 Å². The van der Waals surface area contributed by atoms with E-state index >= 15 is 0 Å². The van der Waals surface area contributed by atoms with E-state index in [1.54, 1.807) is 0 Å². The van der Waals surface area contributed by atoms with Crippen molar-refractivity contribution in [2.24, 2.45) is 5.92 Å². The van der Waals surface area contributed by atoms with E-state index < -0.39 is 18.7 Å². The van der Waals surface area contributed by atoms with Crippen LogP contribution in [0.2, 0.25) is 0 Å². The molecule has 2 aliphatic rings. The summed E-state index contributed by atoms with van der Waals surface area (Å²) in [6.07, 6.45) is 3.19. The molecule has 1 aliphatic heterocycles. The van der Waals surface area contributed by atoms with E-state index in [-0.39, 0.29) is 12.0 Å². The Morgan fingerprint density at radius 3 is 2.52 bits per heavy atom. The zero-order chi connectivity index (χ0) is 18.0. The molecule has 3 rings (SSSR count). The van der Waals surface area contributed by atoms with Crippen LogP contribution < -0.4 is 10.6 Å². The molecule has 5 nitrogen and oxygen atoms in total. The Labute approximate surface area is 152 Å². The van der Waals surface area contributed by atoms with Crippen molar-refractivity contribution in [3.8, 4) is 0 Å². The van der Waals surface area contributed by atoms with Gasteiger partial charge in [0.15, 0.2) is 0 Å². The third kappa shape index (κ3) is 4.55. The van der Waals surface area contributed by atoms with Gasteiger partial charge in [-0.2, -0.15) is 8.78 Å². The number of hydrogen-bond acceptors (Lipinski definition) is 3. The lowest BCUT2D eigenvalue weighted by Gasteiger charge is -2.29. The smallest absolute Gasteiger partial charge is 0.322 e. The Balaban J connectivity index is 1.69. The number of amides is 3. The third-order valence-corrected chi connectivity index (χ3v) is 5.28. The van der Waals surface area contributed by atoms with Crippen molar-refractivity contribution in [3.63, 3.8) is 0 Å². The van der Waals surface area contributed by atoms with Gasteiger partial charge in [0.2, 0.25) is 0 Å². The van der Waals surface area contributed by atoms with Crippen LogP contribution in [-0.4, -0.2) is 24.7 Å². The molecule has 2 N–H and O–H groups in total. The topological polar surface area (TPSA) is 67.4 Å². The highest BCUT2D eigenvalue weighted by Gasteiger charge is 2.33. The van der Waals surface area contributed by atoms with Crippen molar-refractivity contribution in [3.05, 3.63) is 33.8 Å². The summed E-state index contributed by atoms with van der Waals surface area (Å²) in [5.74, 6) is -0.0176. The summed E-state index contributed by atoms with van der Waals surface area (Å²) in [5, 5.41) is 4.88. The number of alkyl halides is 2. The van der Waals surface area contributed by atoms with E-state index in [9.17, 15) is 18.4 Å². The van der Waals surface area contributed by atoms with Gasteiger partial charge in [-0.3, -0.25) is 10.1 Å². The van der Waals surface area contributed by atoms with Crippen LogP contribution in [0.25, 0.3) is 0 Å². The van der Waals surface area contributed by atoms with Gasteiger partial charge in [0.05, 0.1) is 6.10 Å². The SMILES string of the molecule is O=C1NC(=O)C(c2cc(Br)ccc2C[C@H]2CC[C@@H](OC(F)F)CC2)N1. The molecule has 1 heterocycles. The summed E-state index contributed by atoms with van der Waals surface area (Å²) in [6, 6.07) is 4.50. The van der Waals surface area contributed by atoms with Gasteiger partial charge in [0.25, 0.3) is 5.91 Å². The number of carbonyl (C=O) groups excluding carboxylic acids is 2. The van der Waals surface area contributed by atoms with E-state index in [0.29, 0.717) is 18.8 Å². The molecule has 0 spiro atoms. The molecule has 3 amide bonds. The molecule has 1 saturated heterocycles. The predicted octanol–water partition coefficient (Wildman–Crippen LogP) is 3.67. The van der Waals surface area contributed by atoms with Crippen molar-refractivity contribution >= 4 is 27.9 Å². The first-order valence-electron chi connectivity index (χ1n) is 8.25. The maximum absolute atomic E-state index is 12.3. The normalized spacial score (nSPS) is 26.6. The van der Waals surface area contributed by atoms with E-state index in [4.69, 9.17) is 0 Å². The molecule has 1 atom stereocenters. The van der Waals surface area contributed by atoms with Gasteiger partial charge in [-0.05, 0) is 61.3 Å². The molecule has 1 unspecified atom stereocenters. The third-order valence-electron chi connectivity index (χ3n) is 4.79. The summed E-state index contributed by atoms with van der Waals surface area (Å²) < 4.78 is 30.0. The first-order chi connectivity index (χ1) is 11.9. The maximum Gasteiger partial charge on any atom is 0.345 e. The number of rotatable bonds is 5. The molecule has 25 heavy (non-hydrogen) atoms. The fourth-order valence-electron chi connectivity index (χ4n) is 3.58. The second-order valence-corrected chi connectivity index (χ2v) is 7.40. The number of imide groups is 1. The molecule has 1 aromatic carbocycles. The van der Waals surface area contributed by atoms with Gasteiger partial charge in [-0.15, -0.1) is 0 Å². The zero-order valence-corrected chi connectivity index (χ0v) is 15.0. The Bertz CT molecular complexity index is 663. The molecule has 0 aromatic heterocycles. The lowest BCUT2D eigenvalue weighted by molar-refractivity contribution is -0.171. The summed E-state index contributed by atoms with van der Waals surface area (Å²) in [7, 11) is 0. The first-order valence-corrected chi connectivity index (χ1v) is 9.05. The van der Waals surface area contributed by atoms with E-state index in [1.807, 2.05) is 18.2 Å². The monoisotopic (exact) mass is 416 g/mol. The van der Waals surface area contributed by atoms with Crippen LogP contribution >= 0.6 is 15.9 Å². The fourth-order valence-corrected chi connectivity index (χ4v) is 3.96. The molecule has 1 aliphatic carbocycles. The summed E-state index contributed by atoms with van der Waals surface area (Å²) >= 11 is 3.40. The highest BCUT2D eigenvalue weighted by atomic mass is 79.9. The molecule has 1 saturated carbocycles. The molecule has 8 heteroatoms. The van der Waals surface area contributed by atoms with Crippen LogP contribution in [0, 0.1) is 5.92 Å². The maximum atomic E-state index is 12.3. The van der Waals surface area contributed by atoms with Gasteiger partial charge >= 0.3 is 12.6 Å². The first kappa shape index (κ1) is 18.3. The fraction of sp³-hybridized carbons (Fsp3) is 0.529. The highest BCUT2D eigenvalue weighted by molar-refractivity contribution is 9.10. The van der Waals surface area contributed by atoms with E-state index in [0.717, 1.165) is 34.9 Å². The molecular formula is C17H19BrF2N2O3. The van der Waals surface area contributed by atoms with Gasteiger partial charge in [0, 0.05) is 4.47 Å². The standard InChI is InChI=1S/C17H19BrF2N2O3/c18-11-4-3-10(13(8-11)14-15(23)22-17(24)21-14)7-9-1-5-12(6-2-9)25-16(19)20/h3-4,8-9,12,14,16H,1-2,5-7H2,(H2,21,22,23,24)/t9-,12+,14?. The minimum absolute atomic E-state index is 0.345. The summed E-state index contributed by atoms with van der Waals surface area (Å²) in [4.78, 5) is 23.4. The molecule has 2 fully saturated rings. The summed E-state index contributed by atoms with van der Waals surface area (Å²) in [5.41, 5.74) is 1.76. The molecule has 0 bridgehead atoms. The summed E-state index contributed by atoms with van der Waals surface area (Å²) in [6.45, 7) is -2.72. The zero-order valence-electron chi connectivity index (χ0n) is 13.4. The molecular weight excluding hydrogens is 398 g/mol. The van der Waals surface area contributed by atoms with Crippen molar-refractivity contribution in [1.29, 1.82) is 0 Å². The van der Waals surface area contributed by atoms with E-state index in [2.05, 4.69) is 31.3 Å². The van der Waals surface area contributed by atoms with Crippen molar-refractivity contribution in [1.82, 2.24) is 10.6 Å². The van der Waals surface area contributed by atoms with Crippen LogP contribution in [0.3, 0.4) is 0 Å². The molecule has 1 aromatic rings. The average Bonchev–Trinajstić information content (AvgIpc) is 2.89. The number of benzene rings is 1. The number of halogens is 3. The van der Waals surface area contributed by atoms with Crippen molar-refractivity contribution in [2.75, 3.05) is 0 Å². The van der Waals surface area contributed by atoms with E-state index in [1.165, 1.54) is 0 Å². The Kier molecular flexibility index (Phi) is 5.68. The van der Waals surface area contributed by atoms with Gasteiger partial charge < -0.3 is 10.1 Å².